The van der Waals surface area contributed by atoms with Gasteiger partial charge >= 0.3 is 0 Å². The summed E-state index contributed by atoms with van der Waals surface area (Å²) in [6.07, 6.45) is 11.1. The SMILES string of the molecule is Cc1cnc(-c2ccncc2)n1C1CCCN(C(=O)C2CCC2)C1. The second kappa shape index (κ2) is 6.38. The van der Waals surface area contributed by atoms with Crippen molar-refractivity contribution in [3.63, 3.8) is 0 Å². The van der Waals surface area contributed by atoms with Crippen molar-refractivity contribution in [1.82, 2.24) is 19.4 Å². The number of carbonyl (C=O) groups is 1. The van der Waals surface area contributed by atoms with Crippen LogP contribution in [0.4, 0.5) is 0 Å². The lowest BCUT2D eigenvalue weighted by Gasteiger charge is -2.38. The Hall–Kier alpha value is -2.17. The number of hydrogen-bond donors (Lipinski definition) is 0. The summed E-state index contributed by atoms with van der Waals surface area (Å²) in [5, 5.41) is 0. The van der Waals surface area contributed by atoms with Crippen LogP contribution >= 0.6 is 0 Å². The number of hydrogen-bond acceptors (Lipinski definition) is 3. The van der Waals surface area contributed by atoms with Crippen molar-refractivity contribution in [3.05, 3.63) is 36.4 Å². The van der Waals surface area contributed by atoms with Gasteiger partial charge in [0.15, 0.2) is 0 Å². The molecule has 1 saturated carbocycles. The van der Waals surface area contributed by atoms with Crippen molar-refractivity contribution >= 4 is 5.91 Å². The summed E-state index contributed by atoms with van der Waals surface area (Å²) < 4.78 is 2.32. The molecule has 1 atom stereocenters. The Morgan fingerprint density at radius 3 is 2.67 bits per heavy atom. The van der Waals surface area contributed by atoms with Gasteiger partial charge in [0.25, 0.3) is 0 Å². The fourth-order valence-electron chi connectivity index (χ4n) is 3.90. The molecule has 4 rings (SSSR count). The molecular weight excluding hydrogens is 300 g/mol. The van der Waals surface area contributed by atoms with E-state index >= 15 is 0 Å². The lowest BCUT2D eigenvalue weighted by Crippen LogP contribution is -2.45. The summed E-state index contributed by atoms with van der Waals surface area (Å²) in [7, 11) is 0. The number of aromatic nitrogens is 3. The molecule has 0 N–H and O–H groups in total. The van der Waals surface area contributed by atoms with E-state index in [0.717, 1.165) is 55.9 Å². The minimum Gasteiger partial charge on any atom is -0.340 e. The minimum absolute atomic E-state index is 0.285. The zero-order valence-electron chi connectivity index (χ0n) is 14.2. The van der Waals surface area contributed by atoms with Crippen LogP contribution in [-0.4, -0.2) is 38.4 Å². The molecule has 5 nitrogen and oxygen atoms in total. The zero-order valence-corrected chi connectivity index (χ0v) is 14.2. The van der Waals surface area contributed by atoms with Crippen molar-refractivity contribution in [2.24, 2.45) is 5.92 Å². The smallest absolute Gasteiger partial charge is 0.225 e. The Morgan fingerprint density at radius 2 is 1.96 bits per heavy atom. The van der Waals surface area contributed by atoms with Gasteiger partial charge in [0.2, 0.25) is 5.91 Å². The summed E-state index contributed by atoms with van der Waals surface area (Å²) in [5.74, 6) is 1.64. The maximum absolute atomic E-state index is 12.6. The first-order valence-corrected chi connectivity index (χ1v) is 8.97. The van der Waals surface area contributed by atoms with Gasteiger partial charge in [-0.05, 0) is 44.7 Å². The molecule has 5 heteroatoms. The highest BCUT2D eigenvalue weighted by Crippen LogP contribution is 2.33. The minimum atomic E-state index is 0.285. The van der Waals surface area contributed by atoms with E-state index < -0.39 is 0 Å². The molecule has 1 amide bonds. The number of piperidine rings is 1. The Balaban J connectivity index is 1.59. The van der Waals surface area contributed by atoms with Crippen molar-refractivity contribution in [1.29, 1.82) is 0 Å². The molecule has 1 saturated heterocycles. The van der Waals surface area contributed by atoms with Crippen LogP contribution < -0.4 is 0 Å². The van der Waals surface area contributed by atoms with Gasteiger partial charge in [0, 0.05) is 48.9 Å². The second-order valence-electron chi connectivity index (χ2n) is 7.04. The predicted molar refractivity (Wildman–Crippen MR) is 92.4 cm³/mol. The number of nitrogens with zero attached hydrogens (tertiary/aromatic N) is 4. The molecule has 0 radical (unpaired) electrons. The van der Waals surface area contributed by atoms with Gasteiger partial charge in [-0.2, -0.15) is 0 Å². The van der Waals surface area contributed by atoms with Gasteiger partial charge in [0.05, 0.1) is 6.04 Å². The third-order valence-corrected chi connectivity index (χ3v) is 5.45. The molecule has 2 aliphatic rings. The Kier molecular flexibility index (Phi) is 4.08. The Labute approximate surface area is 142 Å². The first-order chi connectivity index (χ1) is 11.7. The van der Waals surface area contributed by atoms with Crippen molar-refractivity contribution in [2.75, 3.05) is 13.1 Å². The van der Waals surface area contributed by atoms with E-state index in [4.69, 9.17) is 0 Å². The normalized spacial score (nSPS) is 21.5. The van der Waals surface area contributed by atoms with Gasteiger partial charge < -0.3 is 9.47 Å². The standard InChI is InChI=1S/C19H24N4O/c1-14-12-21-18(15-7-9-20-10-8-15)23(14)17-6-3-11-22(13-17)19(24)16-4-2-5-16/h7-10,12,16-17H,2-6,11,13H2,1H3. The molecule has 1 aliphatic heterocycles. The van der Waals surface area contributed by atoms with Crippen LogP contribution in [0.3, 0.4) is 0 Å². The quantitative estimate of drug-likeness (QED) is 0.871. The van der Waals surface area contributed by atoms with Crippen LogP contribution in [0, 0.1) is 12.8 Å². The van der Waals surface area contributed by atoms with Crippen molar-refractivity contribution in [2.45, 2.75) is 45.1 Å². The fraction of sp³-hybridized carbons (Fsp3) is 0.526. The summed E-state index contributed by atoms with van der Waals surface area (Å²) in [4.78, 5) is 23.4. The van der Waals surface area contributed by atoms with E-state index in [-0.39, 0.29) is 5.92 Å². The maximum Gasteiger partial charge on any atom is 0.225 e. The maximum atomic E-state index is 12.6. The van der Waals surface area contributed by atoms with E-state index in [1.165, 1.54) is 6.42 Å². The van der Waals surface area contributed by atoms with Crippen LogP contribution in [0.2, 0.25) is 0 Å². The molecule has 1 aliphatic carbocycles. The highest BCUT2D eigenvalue weighted by Gasteiger charge is 2.33. The number of aryl methyl sites for hydroxylation is 1. The molecule has 2 aromatic heterocycles. The number of carbonyl (C=O) groups excluding carboxylic acids is 1. The molecule has 126 valence electrons. The van der Waals surface area contributed by atoms with Crippen LogP contribution in [0.15, 0.2) is 30.7 Å². The van der Waals surface area contributed by atoms with E-state index in [9.17, 15) is 4.79 Å². The molecule has 0 aromatic carbocycles. The first kappa shape index (κ1) is 15.4. The summed E-state index contributed by atoms with van der Waals surface area (Å²) in [6.45, 7) is 3.82. The predicted octanol–water partition coefficient (Wildman–Crippen LogP) is 3.22. The average Bonchev–Trinajstić information content (AvgIpc) is 2.96. The molecule has 2 aromatic rings. The molecule has 1 unspecified atom stereocenters. The van der Waals surface area contributed by atoms with Gasteiger partial charge in [0.1, 0.15) is 5.82 Å². The summed E-state index contributed by atoms with van der Waals surface area (Å²) in [6, 6.07) is 4.31. The van der Waals surface area contributed by atoms with Gasteiger partial charge in [-0.3, -0.25) is 9.78 Å². The lowest BCUT2D eigenvalue weighted by molar-refractivity contribution is -0.139. The molecular formula is C19H24N4O. The molecule has 3 heterocycles. The Morgan fingerprint density at radius 1 is 1.17 bits per heavy atom. The van der Waals surface area contributed by atoms with Crippen molar-refractivity contribution < 1.29 is 4.79 Å². The van der Waals surface area contributed by atoms with Crippen LogP contribution in [-0.2, 0) is 4.79 Å². The monoisotopic (exact) mass is 324 g/mol. The third-order valence-electron chi connectivity index (χ3n) is 5.45. The largest absolute Gasteiger partial charge is 0.340 e. The lowest BCUT2D eigenvalue weighted by atomic mass is 9.84. The average molecular weight is 324 g/mol. The number of likely N-dealkylation sites (tertiary alicyclic amines) is 1. The van der Waals surface area contributed by atoms with E-state index in [2.05, 4.69) is 26.4 Å². The van der Waals surface area contributed by atoms with Gasteiger partial charge in [-0.25, -0.2) is 4.98 Å². The zero-order chi connectivity index (χ0) is 16.5. The van der Waals surface area contributed by atoms with Crippen LogP contribution in [0.1, 0.15) is 43.8 Å². The molecule has 2 fully saturated rings. The van der Waals surface area contributed by atoms with E-state index in [1.807, 2.05) is 18.3 Å². The highest BCUT2D eigenvalue weighted by molar-refractivity contribution is 5.79. The highest BCUT2D eigenvalue weighted by atomic mass is 16.2. The van der Waals surface area contributed by atoms with Crippen LogP contribution in [0.25, 0.3) is 11.4 Å². The number of imidazole rings is 1. The number of rotatable bonds is 3. The Bertz CT molecular complexity index is 720. The second-order valence-corrected chi connectivity index (χ2v) is 7.04. The molecule has 24 heavy (non-hydrogen) atoms. The van der Waals surface area contributed by atoms with E-state index in [1.54, 1.807) is 12.4 Å². The molecule has 0 bridgehead atoms. The topological polar surface area (TPSA) is 51.0 Å². The van der Waals surface area contributed by atoms with Gasteiger partial charge in [-0.15, -0.1) is 0 Å². The van der Waals surface area contributed by atoms with E-state index in [0.29, 0.717) is 11.9 Å². The van der Waals surface area contributed by atoms with Crippen molar-refractivity contribution in [3.8, 4) is 11.4 Å². The first-order valence-electron chi connectivity index (χ1n) is 8.97. The summed E-state index contributed by atoms with van der Waals surface area (Å²) >= 11 is 0. The third kappa shape index (κ3) is 2.72. The number of amides is 1. The molecule has 0 spiro atoms. The number of pyridine rings is 1. The fourth-order valence-corrected chi connectivity index (χ4v) is 3.90. The van der Waals surface area contributed by atoms with Gasteiger partial charge in [-0.1, -0.05) is 6.42 Å². The van der Waals surface area contributed by atoms with Crippen LogP contribution in [0.5, 0.6) is 0 Å². The summed E-state index contributed by atoms with van der Waals surface area (Å²) in [5.41, 5.74) is 2.24.